The number of carbonyl (C=O) groups is 2. The summed E-state index contributed by atoms with van der Waals surface area (Å²) in [5.41, 5.74) is 0.874. The second-order valence-corrected chi connectivity index (χ2v) is 3.36. The molecule has 0 spiro atoms. The zero-order chi connectivity index (χ0) is 11.7. The van der Waals surface area contributed by atoms with Gasteiger partial charge < -0.3 is 15.2 Å². The van der Waals surface area contributed by atoms with E-state index in [0.717, 1.165) is 5.57 Å². The number of aliphatic carboxylic acids is 1. The first-order valence-electron chi connectivity index (χ1n) is 4.32. The number of carbonyl (C=O) groups excluding carboxylic acids is 1. The monoisotopic (exact) mass is 279 g/mol. The number of hydrogen-bond acceptors (Lipinski definition) is 3. The van der Waals surface area contributed by atoms with E-state index < -0.39 is 12.0 Å². The van der Waals surface area contributed by atoms with Crippen LogP contribution in [0.1, 0.15) is 6.42 Å². The van der Waals surface area contributed by atoms with Crippen molar-refractivity contribution in [2.24, 2.45) is 0 Å². The van der Waals surface area contributed by atoms with Crippen LogP contribution in [0.4, 0.5) is 0 Å². The Balaban J connectivity index is 4.44. The largest absolute Gasteiger partial charge is 0.479 e. The first-order valence-corrected chi connectivity index (χ1v) is 5.44. The van der Waals surface area contributed by atoms with Gasteiger partial charge in [0.2, 0.25) is 6.41 Å². The Hall–Kier alpha value is -0.880. The van der Waals surface area contributed by atoms with Crippen LogP contribution in [0.2, 0.25) is 0 Å². The number of ether oxygens (including phenoxy) is 1. The molecule has 0 aromatic rings. The number of halogens is 1. The number of methoxy groups -OCH3 is 1. The quantitative estimate of drug-likeness (QED) is 0.386. The lowest BCUT2D eigenvalue weighted by atomic mass is 10.1. The number of rotatable bonds is 8. The molecule has 15 heavy (non-hydrogen) atoms. The van der Waals surface area contributed by atoms with Crippen LogP contribution in [0.25, 0.3) is 0 Å². The molecule has 0 aromatic heterocycles. The van der Waals surface area contributed by atoms with Gasteiger partial charge >= 0.3 is 5.97 Å². The maximum absolute atomic E-state index is 10.7. The van der Waals surface area contributed by atoms with Gasteiger partial charge in [0, 0.05) is 19.0 Å². The molecule has 0 aliphatic rings. The summed E-state index contributed by atoms with van der Waals surface area (Å²) in [4.78, 5) is 20.9. The standard InChI is InChI=1S/C9H14BrNO4/c1-15-3-2-7(5-10)4-8(9(13)14)11-6-12/h4,6,8H,2-3,5H2,1H3,(H,11,12)(H,13,14)/b7-4-. The van der Waals surface area contributed by atoms with Gasteiger partial charge in [-0.15, -0.1) is 0 Å². The number of alkyl halides is 1. The molecule has 0 saturated heterocycles. The molecule has 0 aromatic carbocycles. The number of carboxylic acid groups (broad SMARTS) is 1. The highest BCUT2D eigenvalue weighted by Gasteiger charge is 2.13. The van der Waals surface area contributed by atoms with Crippen LogP contribution >= 0.6 is 15.9 Å². The summed E-state index contributed by atoms with van der Waals surface area (Å²) in [6.07, 6.45) is 2.51. The summed E-state index contributed by atoms with van der Waals surface area (Å²) >= 11 is 3.24. The summed E-state index contributed by atoms with van der Waals surface area (Å²) in [6, 6.07) is -0.980. The third-order valence-electron chi connectivity index (χ3n) is 1.71. The second kappa shape index (κ2) is 8.43. The number of amides is 1. The van der Waals surface area contributed by atoms with E-state index in [-0.39, 0.29) is 0 Å². The van der Waals surface area contributed by atoms with Crippen molar-refractivity contribution in [2.45, 2.75) is 12.5 Å². The van der Waals surface area contributed by atoms with E-state index >= 15 is 0 Å². The fourth-order valence-electron chi connectivity index (χ4n) is 0.928. The lowest BCUT2D eigenvalue weighted by molar-refractivity contribution is -0.139. The molecule has 2 N–H and O–H groups in total. The highest BCUT2D eigenvalue weighted by molar-refractivity contribution is 9.09. The van der Waals surface area contributed by atoms with Crippen LogP contribution in [0.5, 0.6) is 0 Å². The van der Waals surface area contributed by atoms with Crippen LogP contribution in [-0.4, -0.2) is 42.6 Å². The SMILES string of the molecule is COCC/C(=C/C(NC=O)C(=O)O)CBr. The maximum Gasteiger partial charge on any atom is 0.330 e. The van der Waals surface area contributed by atoms with Crippen LogP contribution in [-0.2, 0) is 14.3 Å². The molecule has 0 aliphatic carbocycles. The molecule has 5 nitrogen and oxygen atoms in total. The Labute approximate surface area is 96.6 Å². The molecule has 1 atom stereocenters. The fourth-order valence-corrected chi connectivity index (χ4v) is 1.39. The van der Waals surface area contributed by atoms with E-state index in [4.69, 9.17) is 9.84 Å². The highest BCUT2D eigenvalue weighted by atomic mass is 79.9. The molecule has 86 valence electrons. The minimum atomic E-state index is -1.09. The summed E-state index contributed by atoms with van der Waals surface area (Å²) in [5.74, 6) is -1.09. The van der Waals surface area contributed by atoms with Crippen molar-refractivity contribution in [3.05, 3.63) is 11.6 Å². The first-order chi connectivity index (χ1) is 7.15. The molecular formula is C9H14BrNO4. The number of nitrogens with one attached hydrogen (secondary N) is 1. The smallest absolute Gasteiger partial charge is 0.330 e. The Kier molecular flexibility index (Phi) is 7.94. The Bertz CT molecular complexity index is 242. The molecule has 1 unspecified atom stereocenters. The zero-order valence-corrected chi connectivity index (χ0v) is 9.99. The summed E-state index contributed by atoms with van der Waals surface area (Å²) in [7, 11) is 1.57. The van der Waals surface area contributed by atoms with Crippen molar-refractivity contribution >= 4 is 28.3 Å². The number of hydrogen-bond donors (Lipinski definition) is 2. The third-order valence-corrected chi connectivity index (χ3v) is 2.44. The molecule has 0 bridgehead atoms. The molecule has 1 amide bonds. The van der Waals surface area contributed by atoms with Gasteiger partial charge in [0.25, 0.3) is 0 Å². The minimum Gasteiger partial charge on any atom is -0.479 e. The normalized spacial score (nSPS) is 13.3. The Morgan fingerprint density at radius 3 is 2.73 bits per heavy atom. The first kappa shape index (κ1) is 14.1. The van der Waals surface area contributed by atoms with Crippen LogP contribution in [0, 0.1) is 0 Å². The molecule has 6 heteroatoms. The van der Waals surface area contributed by atoms with Crippen LogP contribution < -0.4 is 5.32 Å². The molecule has 0 aliphatic heterocycles. The highest BCUT2D eigenvalue weighted by Crippen LogP contribution is 2.07. The van der Waals surface area contributed by atoms with Gasteiger partial charge in [0.15, 0.2) is 0 Å². The number of carboxylic acids is 1. The molecule has 0 saturated carbocycles. The van der Waals surface area contributed by atoms with Gasteiger partial charge in [0.1, 0.15) is 6.04 Å². The van der Waals surface area contributed by atoms with E-state index in [9.17, 15) is 9.59 Å². The van der Waals surface area contributed by atoms with Gasteiger partial charge in [-0.2, -0.15) is 0 Å². The van der Waals surface area contributed by atoms with E-state index in [1.54, 1.807) is 7.11 Å². The van der Waals surface area contributed by atoms with Gasteiger partial charge in [-0.3, -0.25) is 4.79 Å². The van der Waals surface area contributed by atoms with E-state index in [0.29, 0.717) is 24.8 Å². The van der Waals surface area contributed by atoms with Gasteiger partial charge in [-0.25, -0.2) is 4.79 Å². The summed E-state index contributed by atoms with van der Waals surface area (Å²) in [6.45, 7) is 0.519. The van der Waals surface area contributed by atoms with Crippen molar-refractivity contribution in [1.29, 1.82) is 0 Å². The molecule has 0 radical (unpaired) electrons. The molecular weight excluding hydrogens is 266 g/mol. The van der Waals surface area contributed by atoms with Gasteiger partial charge in [0.05, 0.1) is 0 Å². The third kappa shape index (κ3) is 6.24. The van der Waals surface area contributed by atoms with Gasteiger partial charge in [-0.1, -0.05) is 27.6 Å². The minimum absolute atomic E-state index is 0.372. The Morgan fingerprint density at radius 1 is 1.67 bits per heavy atom. The summed E-state index contributed by atoms with van der Waals surface area (Å²) in [5, 5.41) is 11.5. The second-order valence-electron chi connectivity index (χ2n) is 2.80. The summed E-state index contributed by atoms with van der Waals surface area (Å²) < 4.78 is 4.88. The topological polar surface area (TPSA) is 75.6 Å². The van der Waals surface area contributed by atoms with E-state index in [1.807, 2.05) is 0 Å². The lowest BCUT2D eigenvalue weighted by Crippen LogP contribution is -2.34. The van der Waals surface area contributed by atoms with Crippen molar-refractivity contribution < 1.29 is 19.4 Å². The predicted molar refractivity (Wildman–Crippen MR) is 59.0 cm³/mol. The van der Waals surface area contributed by atoms with Crippen molar-refractivity contribution in [3.8, 4) is 0 Å². The van der Waals surface area contributed by atoms with Gasteiger partial charge in [-0.05, 0) is 6.42 Å². The van der Waals surface area contributed by atoms with Crippen LogP contribution in [0.15, 0.2) is 11.6 Å². The Morgan fingerprint density at radius 2 is 2.33 bits per heavy atom. The fraction of sp³-hybridized carbons (Fsp3) is 0.556. The molecule has 0 fully saturated rings. The van der Waals surface area contributed by atoms with Crippen molar-refractivity contribution in [1.82, 2.24) is 5.32 Å². The molecule has 0 heterocycles. The van der Waals surface area contributed by atoms with E-state index in [1.165, 1.54) is 6.08 Å². The lowest BCUT2D eigenvalue weighted by Gasteiger charge is -2.09. The molecule has 0 rings (SSSR count). The average molecular weight is 280 g/mol. The maximum atomic E-state index is 10.7. The van der Waals surface area contributed by atoms with E-state index in [2.05, 4.69) is 21.2 Å². The predicted octanol–water partition coefficient (Wildman–Crippen LogP) is 0.543. The van der Waals surface area contributed by atoms with Crippen molar-refractivity contribution in [3.63, 3.8) is 0 Å². The van der Waals surface area contributed by atoms with Crippen molar-refractivity contribution in [2.75, 3.05) is 19.0 Å². The van der Waals surface area contributed by atoms with Crippen LogP contribution in [0.3, 0.4) is 0 Å². The average Bonchev–Trinajstić information content (AvgIpc) is 2.22. The zero-order valence-electron chi connectivity index (χ0n) is 8.40.